The van der Waals surface area contributed by atoms with E-state index >= 15 is 0 Å². The minimum Gasteiger partial charge on any atom is -0.490 e. The van der Waals surface area contributed by atoms with Gasteiger partial charge in [-0.1, -0.05) is 0 Å². The Balaban J connectivity index is 2.59. The summed E-state index contributed by atoms with van der Waals surface area (Å²) >= 11 is 3.30. The molecule has 0 saturated carbocycles. The Kier molecular flexibility index (Phi) is 4.08. The Bertz CT molecular complexity index is 652. The fourth-order valence-corrected chi connectivity index (χ4v) is 2.33. The molecule has 0 amide bonds. The summed E-state index contributed by atoms with van der Waals surface area (Å²) in [4.78, 5) is 10.5. The Morgan fingerprint density at radius 2 is 2.10 bits per heavy atom. The van der Waals surface area contributed by atoms with Crippen LogP contribution in [-0.4, -0.2) is 20.8 Å². The molecule has 0 N–H and O–H groups in total. The minimum atomic E-state index is -0.423. The van der Waals surface area contributed by atoms with Crippen LogP contribution >= 0.6 is 15.9 Å². The molecular formula is C13H14BrN3O3. The normalized spacial score (nSPS) is 10.8. The smallest absolute Gasteiger partial charge is 0.270 e. The van der Waals surface area contributed by atoms with E-state index in [0.717, 1.165) is 5.69 Å². The Labute approximate surface area is 124 Å². The molecule has 0 saturated heterocycles. The number of hydrogen-bond acceptors (Lipinski definition) is 4. The average molecular weight is 340 g/mol. The number of rotatable bonds is 4. The standard InChI is InChI=1S/C13H14BrN3O3/c1-8(2)20-12-5-4-9(17(18)19)6-10(12)11-7-13(14)15-16(11)3/h4-8H,1-3H3. The number of aromatic nitrogens is 2. The third-order valence-corrected chi connectivity index (χ3v) is 3.05. The van der Waals surface area contributed by atoms with E-state index in [0.29, 0.717) is 15.9 Å². The molecule has 1 aromatic heterocycles. The van der Waals surface area contributed by atoms with E-state index < -0.39 is 4.92 Å². The van der Waals surface area contributed by atoms with Crippen LogP contribution in [0.3, 0.4) is 0 Å². The zero-order valence-electron chi connectivity index (χ0n) is 11.3. The first-order valence-corrected chi connectivity index (χ1v) is 6.83. The van der Waals surface area contributed by atoms with Crippen LogP contribution in [0, 0.1) is 10.1 Å². The van der Waals surface area contributed by atoms with Crippen LogP contribution in [0.1, 0.15) is 13.8 Å². The van der Waals surface area contributed by atoms with E-state index in [1.54, 1.807) is 23.9 Å². The molecule has 0 fully saturated rings. The van der Waals surface area contributed by atoms with E-state index in [9.17, 15) is 10.1 Å². The molecule has 7 heteroatoms. The van der Waals surface area contributed by atoms with Gasteiger partial charge in [0, 0.05) is 24.7 Å². The van der Waals surface area contributed by atoms with Gasteiger partial charge in [-0.3, -0.25) is 14.8 Å². The highest BCUT2D eigenvalue weighted by atomic mass is 79.9. The first kappa shape index (κ1) is 14.5. The van der Waals surface area contributed by atoms with Gasteiger partial charge >= 0.3 is 0 Å². The first-order chi connectivity index (χ1) is 9.38. The Hall–Kier alpha value is -1.89. The van der Waals surface area contributed by atoms with Crippen molar-refractivity contribution < 1.29 is 9.66 Å². The molecule has 0 unspecified atom stereocenters. The summed E-state index contributed by atoms with van der Waals surface area (Å²) in [6.07, 6.45) is -0.0214. The van der Waals surface area contributed by atoms with Gasteiger partial charge in [-0.2, -0.15) is 5.10 Å². The molecule has 0 bridgehead atoms. The number of hydrogen-bond donors (Lipinski definition) is 0. The van der Waals surface area contributed by atoms with Crippen LogP contribution in [-0.2, 0) is 7.05 Å². The second-order valence-electron chi connectivity index (χ2n) is 4.58. The van der Waals surface area contributed by atoms with Gasteiger partial charge in [-0.15, -0.1) is 0 Å². The van der Waals surface area contributed by atoms with Crippen LogP contribution in [0.4, 0.5) is 5.69 Å². The highest BCUT2D eigenvalue weighted by Gasteiger charge is 2.17. The maximum Gasteiger partial charge on any atom is 0.270 e. The molecule has 1 aromatic carbocycles. The molecule has 0 radical (unpaired) electrons. The van der Waals surface area contributed by atoms with Crippen molar-refractivity contribution in [2.24, 2.45) is 7.05 Å². The molecule has 20 heavy (non-hydrogen) atoms. The number of aryl methyl sites for hydroxylation is 1. The van der Waals surface area contributed by atoms with E-state index in [1.807, 2.05) is 13.8 Å². The maximum absolute atomic E-state index is 10.9. The second-order valence-corrected chi connectivity index (χ2v) is 5.39. The molecule has 0 spiro atoms. The van der Waals surface area contributed by atoms with Crippen LogP contribution in [0.15, 0.2) is 28.9 Å². The van der Waals surface area contributed by atoms with Gasteiger partial charge in [0.25, 0.3) is 5.69 Å². The fourth-order valence-electron chi connectivity index (χ4n) is 1.87. The van der Waals surface area contributed by atoms with Gasteiger partial charge in [-0.25, -0.2) is 0 Å². The molecule has 2 aromatic rings. The Morgan fingerprint density at radius 1 is 1.40 bits per heavy atom. The van der Waals surface area contributed by atoms with Crippen molar-refractivity contribution in [2.45, 2.75) is 20.0 Å². The predicted octanol–water partition coefficient (Wildman–Crippen LogP) is 3.55. The third-order valence-electron chi connectivity index (χ3n) is 2.66. The van der Waals surface area contributed by atoms with Gasteiger partial charge in [0.2, 0.25) is 0 Å². The van der Waals surface area contributed by atoms with Crippen LogP contribution < -0.4 is 4.74 Å². The van der Waals surface area contributed by atoms with E-state index in [1.165, 1.54) is 12.1 Å². The summed E-state index contributed by atoms with van der Waals surface area (Å²) in [6, 6.07) is 6.36. The lowest BCUT2D eigenvalue weighted by Crippen LogP contribution is -2.07. The summed E-state index contributed by atoms with van der Waals surface area (Å²) < 4.78 is 8.03. The molecule has 1 heterocycles. The molecule has 0 aliphatic rings. The number of nitrogens with zero attached hydrogens (tertiary/aromatic N) is 3. The van der Waals surface area contributed by atoms with Crippen molar-refractivity contribution in [3.8, 4) is 17.0 Å². The maximum atomic E-state index is 10.9. The number of nitro benzene ring substituents is 1. The highest BCUT2D eigenvalue weighted by Crippen LogP contribution is 2.34. The van der Waals surface area contributed by atoms with Gasteiger partial charge < -0.3 is 4.74 Å². The second kappa shape index (κ2) is 5.62. The number of halogens is 1. The monoisotopic (exact) mass is 339 g/mol. The van der Waals surface area contributed by atoms with Crippen LogP contribution in [0.25, 0.3) is 11.3 Å². The molecule has 0 aliphatic carbocycles. The summed E-state index contributed by atoms with van der Waals surface area (Å²) in [5.74, 6) is 0.598. The number of ether oxygens (including phenoxy) is 1. The zero-order valence-corrected chi connectivity index (χ0v) is 12.9. The molecular weight excluding hydrogens is 326 g/mol. The zero-order chi connectivity index (χ0) is 14.9. The van der Waals surface area contributed by atoms with Gasteiger partial charge in [0.05, 0.1) is 16.7 Å². The number of nitro groups is 1. The summed E-state index contributed by atoms with van der Waals surface area (Å²) in [6.45, 7) is 3.81. The van der Waals surface area contributed by atoms with E-state index in [-0.39, 0.29) is 11.8 Å². The molecule has 0 aliphatic heterocycles. The predicted molar refractivity (Wildman–Crippen MR) is 78.8 cm³/mol. The number of benzene rings is 1. The summed E-state index contributed by atoms with van der Waals surface area (Å²) in [5, 5.41) is 15.1. The highest BCUT2D eigenvalue weighted by molar-refractivity contribution is 9.10. The van der Waals surface area contributed by atoms with Crippen LogP contribution in [0.5, 0.6) is 5.75 Å². The Morgan fingerprint density at radius 3 is 2.60 bits per heavy atom. The van der Waals surface area contributed by atoms with E-state index in [4.69, 9.17) is 4.74 Å². The van der Waals surface area contributed by atoms with Crippen molar-refractivity contribution in [1.29, 1.82) is 0 Å². The number of non-ortho nitro benzene ring substituents is 1. The quantitative estimate of drug-likeness (QED) is 0.630. The lowest BCUT2D eigenvalue weighted by atomic mass is 10.1. The van der Waals surface area contributed by atoms with Gasteiger partial charge in [0.1, 0.15) is 10.4 Å². The van der Waals surface area contributed by atoms with E-state index in [2.05, 4.69) is 21.0 Å². The third kappa shape index (κ3) is 2.98. The minimum absolute atomic E-state index is 0.0214. The van der Waals surface area contributed by atoms with Gasteiger partial charge in [0.15, 0.2) is 0 Å². The van der Waals surface area contributed by atoms with Crippen molar-refractivity contribution >= 4 is 21.6 Å². The first-order valence-electron chi connectivity index (χ1n) is 6.03. The lowest BCUT2D eigenvalue weighted by Gasteiger charge is -2.14. The van der Waals surface area contributed by atoms with Gasteiger partial charge in [-0.05, 0) is 41.9 Å². The topological polar surface area (TPSA) is 70.2 Å². The summed E-state index contributed by atoms with van der Waals surface area (Å²) in [7, 11) is 1.78. The average Bonchev–Trinajstić information content (AvgIpc) is 2.68. The molecule has 0 atom stereocenters. The molecule has 2 rings (SSSR count). The largest absolute Gasteiger partial charge is 0.490 e. The molecule has 106 valence electrons. The fraction of sp³-hybridized carbons (Fsp3) is 0.308. The summed E-state index contributed by atoms with van der Waals surface area (Å²) in [5.41, 5.74) is 1.42. The van der Waals surface area contributed by atoms with Crippen molar-refractivity contribution in [2.75, 3.05) is 0 Å². The van der Waals surface area contributed by atoms with Crippen molar-refractivity contribution in [3.05, 3.63) is 39.0 Å². The molecule has 6 nitrogen and oxygen atoms in total. The van der Waals surface area contributed by atoms with Crippen molar-refractivity contribution in [3.63, 3.8) is 0 Å². The lowest BCUT2D eigenvalue weighted by molar-refractivity contribution is -0.384. The van der Waals surface area contributed by atoms with Crippen molar-refractivity contribution in [1.82, 2.24) is 9.78 Å². The SMILES string of the molecule is CC(C)Oc1ccc([N+](=O)[O-])cc1-c1cc(Br)nn1C. The van der Waals surface area contributed by atoms with Crippen LogP contribution in [0.2, 0.25) is 0 Å².